The van der Waals surface area contributed by atoms with Crippen LogP contribution < -0.4 is 9.47 Å². The normalized spacial score (nSPS) is 25.5. The van der Waals surface area contributed by atoms with E-state index >= 15 is 0 Å². The van der Waals surface area contributed by atoms with Crippen molar-refractivity contribution >= 4 is 17.7 Å². The molecule has 1 aliphatic rings. The zero-order chi connectivity index (χ0) is 23.2. The van der Waals surface area contributed by atoms with Gasteiger partial charge in [-0.3, -0.25) is 14.4 Å². The van der Waals surface area contributed by atoms with Crippen LogP contribution in [0.4, 0.5) is 0 Å². The molecule has 1 N–H and O–H groups in total. The Morgan fingerprint density at radius 1 is 1.19 bits per heavy atom. The Kier molecular flexibility index (Phi) is 8.21. The van der Waals surface area contributed by atoms with E-state index in [9.17, 15) is 19.5 Å². The summed E-state index contributed by atoms with van der Waals surface area (Å²) in [6.45, 7) is 8.71. The van der Waals surface area contributed by atoms with E-state index in [-0.39, 0.29) is 26.2 Å². The molecule has 8 nitrogen and oxygen atoms in total. The Balaban J connectivity index is 2.65. The number of methoxy groups -OCH3 is 1. The third-order valence-corrected chi connectivity index (χ3v) is 5.28. The molecule has 0 radical (unpaired) electrons. The summed E-state index contributed by atoms with van der Waals surface area (Å²) in [5.74, 6) is -4.58. The van der Waals surface area contributed by atoms with Crippen molar-refractivity contribution in [2.45, 2.75) is 38.7 Å². The van der Waals surface area contributed by atoms with Gasteiger partial charge in [-0.15, -0.1) is 0 Å². The first-order valence-corrected chi connectivity index (χ1v) is 10.2. The second-order valence-electron chi connectivity index (χ2n) is 7.50. The number of aliphatic hydroxyl groups is 1. The van der Waals surface area contributed by atoms with Crippen LogP contribution in [0.1, 0.15) is 38.7 Å². The van der Waals surface area contributed by atoms with Crippen LogP contribution in [0.5, 0.6) is 11.5 Å². The van der Waals surface area contributed by atoms with E-state index in [1.54, 1.807) is 38.1 Å². The molecule has 0 unspecified atom stereocenters. The number of esters is 2. The number of rotatable bonds is 9. The van der Waals surface area contributed by atoms with E-state index in [0.29, 0.717) is 17.1 Å². The zero-order valence-electron chi connectivity index (χ0n) is 18.4. The lowest BCUT2D eigenvalue weighted by molar-refractivity contribution is -0.172. The molecular weight excluding hydrogens is 404 g/mol. The molecular formula is C23H30O8. The summed E-state index contributed by atoms with van der Waals surface area (Å²) in [6.07, 6.45) is 1.21. The van der Waals surface area contributed by atoms with Gasteiger partial charge in [-0.2, -0.15) is 0 Å². The second kappa shape index (κ2) is 10.4. The van der Waals surface area contributed by atoms with Crippen molar-refractivity contribution in [2.75, 3.05) is 26.9 Å². The van der Waals surface area contributed by atoms with E-state index < -0.39 is 41.1 Å². The number of benzene rings is 1. The number of ether oxygens (including phenoxy) is 4. The number of hydrogen-bond donors (Lipinski definition) is 1. The fraction of sp³-hybridized carbons (Fsp3) is 0.522. The highest BCUT2D eigenvalue weighted by molar-refractivity contribution is 6.02. The Labute approximate surface area is 182 Å². The SMILES string of the molecule is C=CCOc1ccc([C@H]2[C@H](C(=O)OCC)C(=O)C[C@](C)(O)[C@H]2C(=O)OCC)cc1OC. The molecule has 8 heteroatoms. The lowest BCUT2D eigenvalue weighted by atomic mass is 9.61. The molecule has 0 amide bonds. The molecule has 1 aliphatic carbocycles. The minimum absolute atomic E-state index is 0.0768. The van der Waals surface area contributed by atoms with Crippen molar-refractivity contribution in [3.8, 4) is 11.5 Å². The summed E-state index contributed by atoms with van der Waals surface area (Å²) in [5, 5.41) is 11.0. The van der Waals surface area contributed by atoms with Gasteiger partial charge in [0.2, 0.25) is 0 Å². The first kappa shape index (κ1) is 24.4. The van der Waals surface area contributed by atoms with Gasteiger partial charge in [0.15, 0.2) is 17.3 Å². The highest BCUT2D eigenvalue weighted by atomic mass is 16.5. The van der Waals surface area contributed by atoms with E-state index in [2.05, 4.69) is 6.58 Å². The highest BCUT2D eigenvalue weighted by Crippen LogP contribution is 2.48. The molecule has 0 aromatic heterocycles. The summed E-state index contributed by atoms with van der Waals surface area (Å²) >= 11 is 0. The van der Waals surface area contributed by atoms with Gasteiger partial charge < -0.3 is 24.1 Å². The zero-order valence-corrected chi connectivity index (χ0v) is 18.4. The summed E-state index contributed by atoms with van der Waals surface area (Å²) in [4.78, 5) is 38.5. The van der Waals surface area contributed by atoms with Crippen molar-refractivity contribution in [1.29, 1.82) is 0 Å². The Morgan fingerprint density at radius 2 is 1.84 bits per heavy atom. The van der Waals surface area contributed by atoms with E-state index in [4.69, 9.17) is 18.9 Å². The maximum absolute atomic E-state index is 12.9. The van der Waals surface area contributed by atoms with Crippen molar-refractivity contribution in [3.05, 3.63) is 36.4 Å². The minimum Gasteiger partial charge on any atom is -0.493 e. The quantitative estimate of drug-likeness (QED) is 0.359. The van der Waals surface area contributed by atoms with Crippen LogP contribution in [0.3, 0.4) is 0 Å². The standard InChI is InChI=1S/C23H30O8/c1-6-11-31-16-10-9-14(12-17(16)28-5)18-19(21(25)29-7-2)15(24)13-23(4,27)20(18)22(26)30-8-3/h6,9-10,12,18-20,27H,1,7-8,11,13H2,2-5H3/t18-,19+,20+,23-/m0/s1. The number of carbonyl (C=O) groups is 3. The molecule has 1 fully saturated rings. The summed E-state index contributed by atoms with van der Waals surface area (Å²) in [7, 11) is 1.45. The van der Waals surface area contributed by atoms with Gasteiger partial charge >= 0.3 is 11.9 Å². The average Bonchev–Trinajstić information content (AvgIpc) is 2.71. The van der Waals surface area contributed by atoms with Crippen LogP contribution in [0.25, 0.3) is 0 Å². The molecule has 0 aliphatic heterocycles. The Bertz CT molecular complexity index is 829. The molecule has 1 aromatic rings. The first-order chi connectivity index (χ1) is 14.7. The first-order valence-electron chi connectivity index (χ1n) is 10.2. The lowest BCUT2D eigenvalue weighted by Gasteiger charge is -2.43. The predicted molar refractivity (Wildman–Crippen MR) is 112 cm³/mol. The number of carbonyl (C=O) groups excluding carboxylic acids is 3. The molecule has 0 saturated heterocycles. The number of Topliss-reactive ketones (excluding diaryl/α,β-unsaturated/α-hetero) is 1. The van der Waals surface area contributed by atoms with Gasteiger partial charge in [0, 0.05) is 12.3 Å². The van der Waals surface area contributed by atoms with Gasteiger partial charge in [-0.25, -0.2) is 0 Å². The van der Waals surface area contributed by atoms with Gasteiger partial charge in [0.05, 0.1) is 31.8 Å². The monoisotopic (exact) mass is 434 g/mol. The average molecular weight is 434 g/mol. The van der Waals surface area contributed by atoms with Crippen molar-refractivity contribution < 1.29 is 38.4 Å². The molecule has 1 saturated carbocycles. The van der Waals surface area contributed by atoms with E-state index in [1.165, 1.54) is 14.0 Å². The predicted octanol–water partition coefficient (Wildman–Crippen LogP) is 2.43. The number of ketones is 1. The van der Waals surface area contributed by atoms with Crippen molar-refractivity contribution in [1.82, 2.24) is 0 Å². The van der Waals surface area contributed by atoms with Crippen molar-refractivity contribution in [2.24, 2.45) is 11.8 Å². The van der Waals surface area contributed by atoms with Crippen LogP contribution in [-0.4, -0.2) is 55.4 Å². The summed E-state index contributed by atoms with van der Waals surface area (Å²) in [6, 6.07) is 4.85. The molecule has 1 aromatic carbocycles. The van der Waals surface area contributed by atoms with Crippen LogP contribution >= 0.6 is 0 Å². The molecule has 0 heterocycles. The fourth-order valence-electron chi connectivity index (χ4n) is 4.04. The van der Waals surface area contributed by atoms with Crippen LogP contribution in [0, 0.1) is 11.8 Å². The van der Waals surface area contributed by atoms with Crippen molar-refractivity contribution in [3.63, 3.8) is 0 Å². The maximum atomic E-state index is 12.9. The maximum Gasteiger partial charge on any atom is 0.317 e. The van der Waals surface area contributed by atoms with Gasteiger partial charge in [0.25, 0.3) is 0 Å². The van der Waals surface area contributed by atoms with Gasteiger partial charge in [-0.1, -0.05) is 18.7 Å². The topological polar surface area (TPSA) is 108 Å². The van der Waals surface area contributed by atoms with Crippen LogP contribution in [0.15, 0.2) is 30.9 Å². The largest absolute Gasteiger partial charge is 0.493 e. The van der Waals surface area contributed by atoms with Gasteiger partial charge in [0.1, 0.15) is 12.5 Å². The molecule has 31 heavy (non-hydrogen) atoms. The third kappa shape index (κ3) is 5.25. The highest BCUT2D eigenvalue weighted by Gasteiger charge is 2.57. The minimum atomic E-state index is -1.71. The van der Waals surface area contributed by atoms with Gasteiger partial charge in [-0.05, 0) is 38.5 Å². The Morgan fingerprint density at radius 3 is 2.42 bits per heavy atom. The molecule has 0 bridgehead atoms. The lowest BCUT2D eigenvalue weighted by Crippen LogP contribution is -2.55. The van der Waals surface area contributed by atoms with Crippen LogP contribution in [0.2, 0.25) is 0 Å². The molecule has 2 rings (SSSR count). The van der Waals surface area contributed by atoms with E-state index in [1.807, 2.05) is 0 Å². The summed E-state index contributed by atoms with van der Waals surface area (Å²) < 4.78 is 21.3. The molecule has 4 atom stereocenters. The van der Waals surface area contributed by atoms with E-state index in [0.717, 1.165) is 0 Å². The third-order valence-electron chi connectivity index (χ3n) is 5.28. The second-order valence-corrected chi connectivity index (χ2v) is 7.50. The van der Waals surface area contributed by atoms with Crippen LogP contribution in [-0.2, 0) is 23.9 Å². The number of hydrogen-bond acceptors (Lipinski definition) is 8. The molecule has 0 spiro atoms. The smallest absolute Gasteiger partial charge is 0.317 e. The molecule has 170 valence electrons. The Hall–Kier alpha value is -2.87. The fourth-order valence-corrected chi connectivity index (χ4v) is 4.04. The summed E-state index contributed by atoms with van der Waals surface area (Å²) in [5.41, 5.74) is -1.25.